The van der Waals surface area contributed by atoms with Crippen LogP contribution in [-0.2, 0) is 6.18 Å². The number of aromatic nitrogens is 2. The summed E-state index contributed by atoms with van der Waals surface area (Å²) >= 11 is 3.10. The molecule has 0 aliphatic rings. The van der Waals surface area contributed by atoms with Gasteiger partial charge in [-0.25, -0.2) is 10.2 Å². The lowest BCUT2D eigenvalue weighted by Crippen LogP contribution is -2.04. The van der Waals surface area contributed by atoms with Crippen LogP contribution < -0.4 is 4.89 Å². The zero-order valence-corrected chi connectivity index (χ0v) is 10.2. The minimum atomic E-state index is -4.48. The minimum absolute atomic E-state index is 0.0353. The molecule has 0 atom stereocenters. The van der Waals surface area contributed by atoms with Gasteiger partial charge in [0.05, 0.1) is 10.7 Å². The van der Waals surface area contributed by atoms with E-state index in [-0.39, 0.29) is 11.6 Å². The summed E-state index contributed by atoms with van der Waals surface area (Å²) in [5.41, 5.74) is -0.579. The first-order valence-electron chi connectivity index (χ1n) is 4.65. The zero-order valence-electron chi connectivity index (χ0n) is 8.62. The molecule has 0 radical (unpaired) electrons. The van der Waals surface area contributed by atoms with Crippen LogP contribution in [0.4, 0.5) is 13.2 Å². The van der Waals surface area contributed by atoms with Crippen LogP contribution in [0.25, 0.3) is 11.4 Å². The molecule has 0 fully saturated rings. The number of imidazole rings is 1. The molecule has 8 heteroatoms. The van der Waals surface area contributed by atoms with Crippen molar-refractivity contribution in [2.45, 2.75) is 6.18 Å². The average Bonchev–Trinajstić information content (AvgIpc) is 2.78. The maximum Gasteiger partial charge on any atom is 0.432 e. The normalized spacial score (nSPS) is 11.6. The van der Waals surface area contributed by atoms with Crippen LogP contribution in [0, 0.1) is 0 Å². The van der Waals surface area contributed by atoms with E-state index in [0.717, 1.165) is 0 Å². The third-order valence-electron chi connectivity index (χ3n) is 2.18. The van der Waals surface area contributed by atoms with E-state index in [2.05, 4.69) is 30.8 Å². The van der Waals surface area contributed by atoms with Crippen molar-refractivity contribution in [3.8, 4) is 17.1 Å². The van der Waals surface area contributed by atoms with E-state index in [1.807, 2.05) is 0 Å². The Kier molecular flexibility index (Phi) is 3.31. The summed E-state index contributed by atoms with van der Waals surface area (Å²) in [4.78, 5) is 9.85. The molecule has 1 aromatic heterocycles. The van der Waals surface area contributed by atoms with Crippen molar-refractivity contribution in [3.63, 3.8) is 0 Å². The Bertz CT molecular complexity index is 568. The Morgan fingerprint density at radius 3 is 2.61 bits per heavy atom. The largest absolute Gasteiger partial charge is 0.432 e. The monoisotopic (exact) mass is 322 g/mol. The highest BCUT2D eigenvalue weighted by Crippen LogP contribution is 2.32. The number of H-pyrrole nitrogens is 1. The summed E-state index contributed by atoms with van der Waals surface area (Å²) in [7, 11) is 0. The second-order valence-corrected chi connectivity index (χ2v) is 4.23. The zero-order chi connectivity index (χ0) is 13.3. The fourth-order valence-corrected chi connectivity index (χ4v) is 1.65. The predicted octanol–water partition coefficient (Wildman–Crippen LogP) is 3.71. The van der Waals surface area contributed by atoms with Crippen molar-refractivity contribution >= 4 is 15.9 Å². The maximum absolute atomic E-state index is 12.4. The van der Waals surface area contributed by atoms with Crippen molar-refractivity contribution in [3.05, 3.63) is 34.6 Å². The molecule has 18 heavy (non-hydrogen) atoms. The number of rotatable bonds is 2. The predicted molar refractivity (Wildman–Crippen MR) is 60.0 cm³/mol. The number of nitrogens with one attached hydrogen (secondary N) is 1. The molecule has 1 heterocycles. The minimum Gasteiger partial charge on any atom is -0.339 e. The van der Waals surface area contributed by atoms with Crippen LogP contribution in [0.3, 0.4) is 0 Å². The van der Waals surface area contributed by atoms with E-state index in [9.17, 15) is 13.2 Å². The van der Waals surface area contributed by atoms with Gasteiger partial charge in [0, 0.05) is 5.56 Å². The van der Waals surface area contributed by atoms with Crippen LogP contribution >= 0.6 is 15.9 Å². The number of hydrogen-bond acceptors (Lipinski definition) is 3. The van der Waals surface area contributed by atoms with Crippen LogP contribution in [0.5, 0.6) is 5.75 Å². The van der Waals surface area contributed by atoms with E-state index >= 15 is 0 Å². The molecule has 0 aliphatic carbocycles. The lowest BCUT2D eigenvalue weighted by atomic mass is 10.2. The van der Waals surface area contributed by atoms with Crippen molar-refractivity contribution in [1.29, 1.82) is 0 Å². The van der Waals surface area contributed by atoms with E-state index in [1.165, 1.54) is 18.2 Å². The molecule has 2 N–H and O–H groups in total. The molecule has 2 aromatic rings. The van der Waals surface area contributed by atoms with E-state index in [4.69, 9.17) is 5.26 Å². The molecule has 2 rings (SSSR count). The van der Waals surface area contributed by atoms with Crippen LogP contribution in [0.15, 0.2) is 28.9 Å². The second kappa shape index (κ2) is 4.62. The SMILES string of the molecule is OOc1cc(-c2ncc(C(F)(F)F)[nH]2)ccc1Br. The number of nitrogens with zero attached hydrogens (tertiary/aromatic N) is 1. The molecular weight excluding hydrogens is 317 g/mol. The summed E-state index contributed by atoms with van der Waals surface area (Å²) in [6, 6.07) is 4.41. The van der Waals surface area contributed by atoms with Gasteiger partial charge in [0.1, 0.15) is 11.5 Å². The standard InChI is InChI=1S/C10H6BrF3N2O2/c11-6-2-1-5(3-7(6)18-17)9-15-4-8(16-9)10(12,13)14/h1-4,17H,(H,15,16). The Morgan fingerprint density at radius 2 is 2.06 bits per heavy atom. The number of hydrogen-bond donors (Lipinski definition) is 2. The number of alkyl halides is 3. The van der Waals surface area contributed by atoms with Gasteiger partial charge in [-0.3, -0.25) is 0 Å². The Balaban J connectivity index is 2.40. The molecule has 96 valence electrons. The van der Waals surface area contributed by atoms with Gasteiger partial charge in [-0.15, -0.1) is 0 Å². The first-order chi connectivity index (χ1) is 8.41. The number of benzene rings is 1. The van der Waals surface area contributed by atoms with E-state index in [1.54, 1.807) is 0 Å². The molecule has 0 spiro atoms. The lowest BCUT2D eigenvalue weighted by Gasteiger charge is -2.03. The van der Waals surface area contributed by atoms with E-state index < -0.39 is 11.9 Å². The average molecular weight is 323 g/mol. The molecule has 0 bridgehead atoms. The molecule has 1 aromatic carbocycles. The van der Waals surface area contributed by atoms with Crippen LogP contribution in [-0.4, -0.2) is 15.2 Å². The third-order valence-corrected chi connectivity index (χ3v) is 2.84. The van der Waals surface area contributed by atoms with Gasteiger partial charge in [0.25, 0.3) is 0 Å². The molecule has 0 saturated carbocycles. The first kappa shape index (κ1) is 12.9. The number of aromatic amines is 1. The molecule has 0 unspecified atom stereocenters. The van der Waals surface area contributed by atoms with Crippen molar-refractivity contribution < 1.29 is 23.3 Å². The molecule has 0 saturated heterocycles. The van der Waals surface area contributed by atoms with Crippen LogP contribution in [0.2, 0.25) is 0 Å². The highest BCUT2D eigenvalue weighted by Gasteiger charge is 2.33. The second-order valence-electron chi connectivity index (χ2n) is 3.38. The molecule has 4 nitrogen and oxygen atoms in total. The Labute approximate surface area is 107 Å². The summed E-state index contributed by atoms with van der Waals surface area (Å²) in [5.74, 6) is 0.116. The van der Waals surface area contributed by atoms with E-state index in [0.29, 0.717) is 16.2 Å². The lowest BCUT2D eigenvalue weighted by molar-refractivity contribution is -0.140. The van der Waals surface area contributed by atoms with Gasteiger partial charge >= 0.3 is 6.18 Å². The fourth-order valence-electron chi connectivity index (χ4n) is 1.33. The maximum atomic E-state index is 12.4. The summed E-state index contributed by atoms with van der Waals surface area (Å²) in [5, 5.41) is 8.58. The summed E-state index contributed by atoms with van der Waals surface area (Å²) < 4.78 is 37.6. The molecule has 0 amide bonds. The highest BCUT2D eigenvalue weighted by molar-refractivity contribution is 9.10. The molecular formula is C10H6BrF3N2O2. The molecule has 0 aliphatic heterocycles. The van der Waals surface area contributed by atoms with Gasteiger partial charge in [-0.2, -0.15) is 13.2 Å². The van der Waals surface area contributed by atoms with Crippen molar-refractivity contribution in [2.75, 3.05) is 0 Å². The van der Waals surface area contributed by atoms with Gasteiger partial charge in [0.15, 0.2) is 5.75 Å². The first-order valence-corrected chi connectivity index (χ1v) is 5.44. The third kappa shape index (κ3) is 2.49. The smallest absolute Gasteiger partial charge is 0.339 e. The van der Waals surface area contributed by atoms with Crippen molar-refractivity contribution in [1.82, 2.24) is 9.97 Å². The topological polar surface area (TPSA) is 58.1 Å². The van der Waals surface area contributed by atoms with Gasteiger partial charge in [-0.05, 0) is 34.1 Å². The van der Waals surface area contributed by atoms with Gasteiger partial charge in [-0.1, -0.05) is 0 Å². The Hall–Kier alpha value is -1.54. The Morgan fingerprint density at radius 1 is 1.33 bits per heavy atom. The van der Waals surface area contributed by atoms with Gasteiger partial charge in [0.2, 0.25) is 0 Å². The summed E-state index contributed by atoms with van der Waals surface area (Å²) in [6.45, 7) is 0. The summed E-state index contributed by atoms with van der Waals surface area (Å²) in [6.07, 6.45) is -3.77. The van der Waals surface area contributed by atoms with Gasteiger partial charge < -0.3 is 9.87 Å². The quantitative estimate of drug-likeness (QED) is 0.654. The van der Waals surface area contributed by atoms with Crippen molar-refractivity contribution in [2.24, 2.45) is 0 Å². The van der Waals surface area contributed by atoms with Crippen LogP contribution in [0.1, 0.15) is 5.69 Å². The highest BCUT2D eigenvalue weighted by atomic mass is 79.9. The fraction of sp³-hybridized carbons (Fsp3) is 0.100. The number of halogens is 4.